The van der Waals surface area contributed by atoms with Gasteiger partial charge >= 0.3 is 0 Å². The first kappa shape index (κ1) is 23.4. The van der Waals surface area contributed by atoms with E-state index in [1.807, 2.05) is 52.0 Å². The molecule has 7 heteroatoms. The third-order valence-corrected chi connectivity index (χ3v) is 7.52. The molecule has 2 amide bonds. The number of benzene rings is 2. The number of aromatic nitrogens is 1. The number of hydrogen-bond acceptors (Lipinski definition) is 3. The molecule has 1 fully saturated rings. The highest BCUT2D eigenvalue weighted by atomic mass is 127. The summed E-state index contributed by atoms with van der Waals surface area (Å²) in [6.07, 6.45) is 1.66. The van der Waals surface area contributed by atoms with E-state index in [1.165, 1.54) is 14.0 Å². The predicted molar refractivity (Wildman–Crippen MR) is 145 cm³/mol. The minimum absolute atomic E-state index is 0.0564. The lowest BCUT2D eigenvalue weighted by Crippen LogP contribution is -2.54. The van der Waals surface area contributed by atoms with Gasteiger partial charge in [0.05, 0.1) is 5.69 Å². The summed E-state index contributed by atoms with van der Waals surface area (Å²) in [6.45, 7) is 10.1. The molecule has 33 heavy (non-hydrogen) atoms. The summed E-state index contributed by atoms with van der Waals surface area (Å²) < 4.78 is 3.33. The summed E-state index contributed by atoms with van der Waals surface area (Å²) in [5.41, 5.74) is 7.88. The summed E-state index contributed by atoms with van der Waals surface area (Å²) in [5.74, 6) is -0.915. The van der Waals surface area contributed by atoms with Crippen LogP contribution >= 0.6 is 34.8 Å². The van der Waals surface area contributed by atoms with Crippen LogP contribution in [0.1, 0.15) is 33.6 Å². The number of nitrogens with one attached hydrogen (secondary N) is 1. The Labute approximate surface area is 212 Å². The molecule has 2 aromatic carbocycles. The van der Waals surface area contributed by atoms with Gasteiger partial charge in [-0.25, -0.2) is 0 Å². The molecule has 2 heterocycles. The zero-order chi connectivity index (χ0) is 24.0. The Morgan fingerprint density at radius 1 is 0.879 bits per heavy atom. The lowest BCUT2D eigenvalue weighted by atomic mass is 10.1. The van der Waals surface area contributed by atoms with Gasteiger partial charge in [-0.1, -0.05) is 6.07 Å². The van der Waals surface area contributed by atoms with Crippen molar-refractivity contribution >= 4 is 63.5 Å². The van der Waals surface area contributed by atoms with E-state index in [0.717, 1.165) is 33.8 Å². The Morgan fingerprint density at radius 3 is 2.21 bits per heavy atom. The highest BCUT2D eigenvalue weighted by molar-refractivity contribution is 14.1. The maximum atomic E-state index is 13.4. The molecule has 0 bridgehead atoms. The van der Waals surface area contributed by atoms with E-state index in [0.29, 0.717) is 5.69 Å². The van der Waals surface area contributed by atoms with Crippen LogP contribution in [-0.2, 0) is 9.59 Å². The largest absolute Gasteiger partial charge is 0.318 e. The van der Waals surface area contributed by atoms with Crippen molar-refractivity contribution in [3.8, 4) is 5.69 Å². The van der Waals surface area contributed by atoms with Gasteiger partial charge in [0.2, 0.25) is 0 Å². The minimum Gasteiger partial charge on any atom is -0.318 e. The lowest BCUT2D eigenvalue weighted by molar-refractivity contribution is -0.122. The SMILES string of the molecule is Cc1ccc(N2C(=O)/C(=C\c3cc(C)n(-c4ccc(I)c(C)c4)c3C)C(=O)NC2=S)cc1C. The molecule has 1 saturated heterocycles. The van der Waals surface area contributed by atoms with E-state index in [4.69, 9.17) is 12.2 Å². The summed E-state index contributed by atoms with van der Waals surface area (Å²) in [5, 5.41) is 2.76. The number of rotatable bonds is 3. The first-order valence-corrected chi connectivity index (χ1v) is 12.0. The number of amides is 2. The van der Waals surface area contributed by atoms with Gasteiger partial charge in [0, 0.05) is 20.6 Å². The fraction of sp³-hybridized carbons (Fsp3) is 0.192. The van der Waals surface area contributed by atoms with Gasteiger partial charge in [-0.3, -0.25) is 19.8 Å². The van der Waals surface area contributed by atoms with Crippen molar-refractivity contribution in [2.24, 2.45) is 0 Å². The fourth-order valence-corrected chi connectivity index (χ4v) is 4.63. The van der Waals surface area contributed by atoms with Crippen molar-refractivity contribution in [3.05, 3.63) is 85.2 Å². The van der Waals surface area contributed by atoms with Crippen molar-refractivity contribution in [3.63, 3.8) is 0 Å². The monoisotopic (exact) mass is 569 g/mol. The van der Waals surface area contributed by atoms with Crippen LogP contribution in [0, 0.1) is 38.2 Å². The number of anilines is 1. The average molecular weight is 569 g/mol. The van der Waals surface area contributed by atoms with Crippen molar-refractivity contribution < 1.29 is 9.59 Å². The highest BCUT2D eigenvalue weighted by Gasteiger charge is 2.34. The van der Waals surface area contributed by atoms with Gasteiger partial charge in [-0.2, -0.15) is 0 Å². The molecule has 0 radical (unpaired) electrons. The average Bonchev–Trinajstić information content (AvgIpc) is 3.03. The number of carbonyl (C=O) groups excluding carboxylic acids is 2. The van der Waals surface area contributed by atoms with Gasteiger partial charge < -0.3 is 4.57 Å². The zero-order valence-electron chi connectivity index (χ0n) is 19.1. The van der Waals surface area contributed by atoms with Gasteiger partial charge in [0.1, 0.15) is 5.57 Å². The number of halogens is 1. The van der Waals surface area contributed by atoms with Crippen LogP contribution in [-0.4, -0.2) is 21.5 Å². The van der Waals surface area contributed by atoms with Gasteiger partial charge in [0.15, 0.2) is 5.11 Å². The van der Waals surface area contributed by atoms with Crippen molar-refractivity contribution in [2.75, 3.05) is 4.90 Å². The smallest absolute Gasteiger partial charge is 0.270 e. The third kappa shape index (κ3) is 4.27. The van der Waals surface area contributed by atoms with Crippen LogP contribution in [0.15, 0.2) is 48.0 Å². The maximum absolute atomic E-state index is 13.4. The van der Waals surface area contributed by atoms with Crippen molar-refractivity contribution in [2.45, 2.75) is 34.6 Å². The summed E-state index contributed by atoms with van der Waals surface area (Å²) in [4.78, 5) is 27.5. The van der Waals surface area contributed by atoms with E-state index < -0.39 is 11.8 Å². The van der Waals surface area contributed by atoms with E-state index in [2.05, 4.69) is 57.6 Å². The topological polar surface area (TPSA) is 54.3 Å². The first-order chi connectivity index (χ1) is 15.6. The van der Waals surface area contributed by atoms with Crippen LogP contribution in [0.5, 0.6) is 0 Å². The molecule has 1 aliphatic heterocycles. The van der Waals surface area contributed by atoms with Crippen LogP contribution < -0.4 is 10.2 Å². The molecule has 0 spiro atoms. The normalized spacial score (nSPS) is 15.4. The second-order valence-corrected chi connectivity index (χ2v) is 9.87. The van der Waals surface area contributed by atoms with Crippen molar-refractivity contribution in [1.29, 1.82) is 0 Å². The van der Waals surface area contributed by atoms with E-state index >= 15 is 0 Å². The number of thiocarbonyl (C=S) groups is 1. The molecule has 1 aromatic heterocycles. The third-order valence-electron chi connectivity index (χ3n) is 6.02. The van der Waals surface area contributed by atoms with Crippen LogP contribution in [0.25, 0.3) is 11.8 Å². The van der Waals surface area contributed by atoms with Crippen LogP contribution in [0.4, 0.5) is 5.69 Å². The molecule has 0 atom stereocenters. The maximum Gasteiger partial charge on any atom is 0.270 e. The second-order valence-electron chi connectivity index (χ2n) is 8.32. The van der Waals surface area contributed by atoms with Crippen LogP contribution in [0.2, 0.25) is 0 Å². The fourth-order valence-electron chi connectivity index (χ4n) is 4.01. The predicted octanol–water partition coefficient (Wildman–Crippen LogP) is 5.46. The summed E-state index contributed by atoms with van der Waals surface area (Å²) >= 11 is 7.66. The highest BCUT2D eigenvalue weighted by Crippen LogP contribution is 2.28. The Balaban J connectivity index is 1.77. The molecule has 1 N–H and O–H groups in total. The quantitative estimate of drug-likeness (QED) is 0.198. The zero-order valence-corrected chi connectivity index (χ0v) is 22.1. The molecule has 3 aromatic rings. The standard InChI is InChI=1S/C26H24IN3O2S/c1-14-6-7-21(10-15(14)2)30-25(32)22(24(31)28-26(30)33)13-19-12-17(4)29(18(19)5)20-8-9-23(27)16(3)11-20/h6-13H,1-5H3,(H,28,31,33)/b22-13-. The van der Waals surface area contributed by atoms with Gasteiger partial charge in [-0.15, -0.1) is 0 Å². The molecule has 168 valence electrons. The Kier molecular flexibility index (Phi) is 6.28. The number of hydrogen-bond donors (Lipinski definition) is 1. The molecule has 0 aliphatic carbocycles. The Hall–Kier alpha value is -2.78. The van der Waals surface area contributed by atoms with E-state index in [-0.39, 0.29) is 10.7 Å². The van der Waals surface area contributed by atoms with Gasteiger partial charge in [0.25, 0.3) is 11.8 Å². The van der Waals surface area contributed by atoms with Crippen LogP contribution in [0.3, 0.4) is 0 Å². The minimum atomic E-state index is -0.486. The molecular formula is C26H24IN3O2S. The number of aryl methyl sites for hydroxylation is 4. The number of carbonyl (C=O) groups is 2. The molecule has 0 unspecified atom stereocenters. The van der Waals surface area contributed by atoms with E-state index in [9.17, 15) is 9.59 Å². The second kappa shape index (κ2) is 8.87. The first-order valence-electron chi connectivity index (χ1n) is 10.5. The molecule has 5 nitrogen and oxygen atoms in total. The Morgan fingerprint density at radius 2 is 1.55 bits per heavy atom. The molecule has 1 aliphatic rings. The molecule has 0 saturated carbocycles. The summed E-state index contributed by atoms with van der Waals surface area (Å²) in [7, 11) is 0. The van der Waals surface area contributed by atoms with Gasteiger partial charge in [-0.05, 0) is 134 Å². The molecule has 4 rings (SSSR count). The number of nitrogens with zero attached hydrogens (tertiary/aromatic N) is 2. The lowest BCUT2D eigenvalue weighted by Gasteiger charge is -2.29. The van der Waals surface area contributed by atoms with E-state index in [1.54, 1.807) is 6.08 Å². The summed E-state index contributed by atoms with van der Waals surface area (Å²) in [6, 6.07) is 14.0. The van der Waals surface area contributed by atoms with Crippen molar-refractivity contribution in [1.82, 2.24) is 9.88 Å². The molecular weight excluding hydrogens is 545 g/mol. The Bertz CT molecular complexity index is 1370.